The SMILES string of the molecule is CCN(CCC(=O)Nc1cc(N)ccc1OC)CC(N)=O. The number of nitrogen functional groups attached to an aromatic ring is 1. The minimum Gasteiger partial charge on any atom is -0.495 e. The van der Waals surface area contributed by atoms with E-state index in [1.165, 1.54) is 7.11 Å². The lowest BCUT2D eigenvalue weighted by molar-refractivity contribution is -0.120. The summed E-state index contributed by atoms with van der Waals surface area (Å²) >= 11 is 0. The Balaban J connectivity index is 2.57. The summed E-state index contributed by atoms with van der Waals surface area (Å²) < 4.78 is 5.16. The lowest BCUT2D eigenvalue weighted by atomic mass is 10.2. The van der Waals surface area contributed by atoms with Gasteiger partial charge in [-0.1, -0.05) is 6.92 Å². The van der Waals surface area contributed by atoms with Crippen LogP contribution in [0.3, 0.4) is 0 Å². The molecule has 0 bridgehead atoms. The molecule has 21 heavy (non-hydrogen) atoms. The summed E-state index contributed by atoms with van der Waals surface area (Å²) in [7, 11) is 1.52. The summed E-state index contributed by atoms with van der Waals surface area (Å²) in [5, 5.41) is 2.75. The molecule has 116 valence electrons. The third kappa shape index (κ3) is 5.70. The van der Waals surface area contributed by atoms with Crippen LogP contribution in [0.25, 0.3) is 0 Å². The molecule has 0 unspecified atom stereocenters. The van der Waals surface area contributed by atoms with Crippen LogP contribution in [0.4, 0.5) is 11.4 Å². The van der Waals surface area contributed by atoms with Crippen LogP contribution in [-0.2, 0) is 9.59 Å². The maximum absolute atomic E-state index is 11.9. The third-order valence-electron chi connectivity index (χ3n) is 2.98. The van der Waals surface area contributed by atoms with E-state index >= 15 is 0 Å². The predicted octanol–water partition coefficient (Wildman–Crippen LogP) is 0.413. The Labute approximate surface area is 124 Å². The Morgan fingerprint density at radius 3 is 2.67 bits per heavy atom. The second kappa shape index (κ2) is 8.11. The van der Waals surface area contributed by atoms with Crippen LogP contribution in [0, 0.1) is 0 Å². The molecule has 1 aromatic carbocycles. The van der Waals surface area contributed by atoms with Crippen molar-refractivity contribution in [3.8, 4) is 5.75 Å². The number of hydrogen-bond donors (Lipinski definition) is 3. The highest BCUT2D eigenvalue weighted by atomic mass is 16.5. The molecule has 0 spiro atoms. The fraction of sp³-hybridized carbons (Fsp3) is 0.429. The summed E-state index contributed by atoms with van der Waals surface area (Å²) in [6.07, 6.45) is 0.249. The van der Waals surface area contributed by atoms with Crippen LogP contribution in [0.15, 0.2) is 18.2 Å². The van der Waals surface area contributed by atoms with Crippen LogP contribution in [0.5, 0.6) is 5.75 Å². The zero-order valence-electron chi connectivity index (χ0n) is 12.4. The van der Waals surface area contributed by atoms with Crippen molar-refractivity contribution in [1.29, 1.82) is 0 Å². The number of ether oxygens (including phenoxy) is 1. The van der Waals surface area contributed by atoms with Gasteiger partial charge >= 0.3 is 0 Å². The van der Waals surface area contributed by atoms with Gasteiger partial charge in [0.2, 0.25) is 11.8 Å². The first-order valence-electron chi connectivity index (χ1n) is 6.70. The predicted molar refractivity (Wildman–Crippen MR) is 82.0 cm³/mol. The van der Waals surface area contributed by atoms with Gasteiger partial charge < -0.3 is 21.5 Å². The van der Waals surface area contributed by atoms with Crippen molar-refractivity contribution in [2.45, 2.75) is 13.3 Å². The quantitative estimate of drug-likeness (QED) is 0.601. The number of nitrogens with zero attached hydrogens (tertiary/aromatic N) is 1. The van der Waals surface area contributed by atoms with Gasteiger partial charge in [-0.3, -0.25) is 14.5 Å². The van der Waals surface area contributed by atoms with Crippen molar-refractivity contribution < 1.29 is 14.3 Å². The first-order valence-corrected chi connectivity index (χ1v) is 6.70. The van der Waals surface area contributed by atoms with Crippen LogP contribution in [0.1, 0.15) is 13.3 Å². The van der Waals surface area contributed by atoms with Gasteiger partial charge in [0.25, 0.3) is 0 Å². The van der Waals surface area contributed by atoms with Crippen LogP contribution in [0.2, 0.25) is 0 Å². The van der Waals surface area contributed by atoms with Gasteiger partial charge in [-0.05, 0) is 24.7 Å². The molecule has 0 atom stereocenters. The van der Waals surface area contributed by atoms with Crippen LogP contribution in [-0.4, -0.2) is 43.5 Å². The molecule has 0 radical (unpaired) electrons. The van der Waals surface area contributed by atoms with E-state index in [2.05, 4.69) is 5.32 Å². The normalized spacial score (nSPS) is 10.4. The second-order valence-corrected chi connectivity index (χ2v) is 4.59. The number of anilines is 2. The standard InChI is InChI=1S/C14H22N4O3/c1-3-18(9-13(16)19)7-6-14(20)17-11-8-10(15)4-5-12(11)21-2/h4-5,8H,3,6-7,9,15H2,1-2H3,(H2,16,19)(H,17,20). The smallest absolute Gasteiger partial charge is 0.231 e. The topological polar surface area (TPSA) is 111 Å². The fourth-order valence-corrected chi connectivity index (χ4v) is 1.87. The molecular formula is C14H22N4O3. The molecule has 1 rings (SSSR count). The molecule has 0 aromatic heterocycles. The minimum absolute atomic E-state index is 0.144. The van der Waals surface area contributed by atoms with E-state index < -0.39 is 5.91 Å². The number of carbonyl (C=O) groups excluding carboxylic acids is 2. The molecule has 0 aliphatic rings. The molecule has 0 heterocycles. The molecule has 0 aliphatic carbocycles. The number of nitrogens with one attached hydrogen (secondary N) is 1. The van der Waals surface area contributed by atoms with E-state index in [4.69, 9.17) is 16.2 Å². The first kappa shape index (κ1) is 16.8. The monoisotopic (exact) mass is 294 g/mol. The average Bonchev–Trinajstić information content (AvgIpc) is 2.43. The number of carbonyl (C=O) groups is 2. The Morgan fingerprint density at radius 1 is 1.38 bits per heavy atom. The molecule has 0 fully saturated rings. The Kier molecular flexibility index (Phi) is 6.48. The van der Waals surface area contributed by atoms with E-state index in [9.17, 15) is 9.59 Å². The summed E-state index contributed by atoms with van der Waals surface area (Å²) in [6, 6.07) is 5.02. The van der Waals surface area contributed by atoms with Crippen molar-refractivity contribution in [1.82, 2.24) is 4.90 Å². The first-order chi connectivity index (χ1) is 9.96. The van der Waals surface area contributed by atoms with Crippen LogP contribution >= 0.6 is 0 Å². The van der Waals surface area contributed by atoms with Crippen molar-refractivity contribution >= 4 is 23.2 Å². The maximum atomic E-state index is 11.9. The highest BCUT2D eigenvalue weighted by Gasteiger charge is 2.11. The summed E-state index contributed by atoms with van der Waals surface area (Å²) in [5.41, 5.74) is 11.9. The second-order valence-electron chi connectivity index (χ2n) is 4.59. The van der Waals surface area contributed by atoms with Gasteiger partial charge in [-0.15, -0.1) is 0 Å². The van der Waals surface area contributed by atoms with Gasteiger partial charge in [0.15, 0.2) is 0 Å². The van der Waals surface area contributed by atoms with Crippen molar-refractivity contribution in [3.63, 3.8) is 0 Å². The van der Waals surface area contributed by atoms with E-state index in [0.717, 1.165) is 0 Å². The molecule has 2 amide bonds. The number of primary amides is 1. The number of nitrogens with two attached hydrogens (primary N) is 2. The Hall–Kier alpha value is -2.28. The van der Waals surface area contributed by atoms with Crippen molar-refractivity contribution in [2.24, 2.45) is 5.73 Å². The lowest BCUT2D eigenvalue weighted by Crippen LogP contribution is -2.35. The molecule has 7 nitrogen and oxygen atoms in total. The van der Waals surface area contributed by atoms with Crippen LogP contribution < -0.4 is 21.5 Å². The van der Waals surface area contributed by atoms with Gasteiger partial charge in [-0.25, -0.2) is 0 Å². The maximum Gasteiger partial charge on any atom is 0.231 e. The molecule has 7 heteroatoms. The van der Waals surface area contributed by atoms with E-state index in [0.29, 0.717) is 30.2 Å². The van der Waals surface area contributed by atoms with Crippen molar-refractivity contribution in [2.75, 3.05) is 37.8 Å². The Morgan fingerprint density at radius 2 is 2.10 bits per heavy atom. The van der Waals surface area contributed by atoms with Gasteiger partial charge in [0.05, 0.1) is 19.3 Å². The van der Waals surface area contributed by atoms with Crippen molar-refractivity contribution in [3.05, 3.63) is 18.2 Å². The molecule has 0 aliphatic heterocycles. The minimum atomic E-state index is -0.408. The number of benzene rings is 1. The largest absolute Gasteiger partial charge is 0.495 e. The van der Waals surface area contributed by atoms with Gasteiger partial charge in [0.1, 0.15) is 5.75 Å². The number of likely N-dealkylation sites (N-methyl/N-ethyl adjacent to an activating group) is 1. The number of rotatable bonds is 8. The zero-order valence-corrected chi connectivity index (χ0v) is 12.4. The summed E-state index contributed by atoms with van der Waals surface area (Å²) in [4.78, 5) is 24.6. The van der Waals surface area contributed by atoms with Gasteiger partial charge in [0, 0.05) is 18.7 Å². The number of amides is 2. The highest BCUT2D eigenvalue weighted by molar-refractivity contribution is 5.93. The summed E-state index contributed by atoms with van der Waals surface area (Å²) in [6.45, 7) is 3.15. The molecule has 1 aromatic rings. The molecule has 5 N–H and O–H groups in total. The highest BCUT2D eigenvalue weighted by Crippen LogP contribution is 2.26. The molecule has 0 saturated carbocycles. The average molecular weight is 294 g/mol. The number of methoxy groups -OCH3 is 1. The van der Waals surface area contributed by atoms with E-state index in [1.54, 1.807) is 23.1 Å². The lowest BCUT2D eigenvalue weighted by Gasteiger charge is -2.18. The fourth-order valence-electron chi connectivity index (χ4n) is 1.87. The van der Waals surface area contributed by atoms with E-state index in [-0.39, 0.29) is 18.9 Å². The number of hydrogen-bond acceptors (Lipinski definition) is 5. The summed E-state index contributed by atoms with van der Waals surface area (Å²) in [5.74, 6) is -0.0429. The third-order valence-corrected chi connectivity index (χ3v) is 2.98. The van der Waals surface area contributed by atoms with Gasteiger partial charge in [-0.2, -0.15) is 0 Å². The van der Waals surface area contributed by atoms with E-state index in [1.807, 2.05) is 6.92 Å². The zero-order chi connectivity index (χ0) is 15.8. The Bertz CT molecular complexity index is 505. The molecular weight excluding hydrogens is 272 g/mol. The molecule has 0 saturated heterocycles.